The van der Waals surface area contributed by atoms with Crippen LogP contribution in [0.3, 0.4) is 0 Å². The molecule has 0 saturated carbocycles. The second-order valence-corrected chi connectivity index (χ2v) is 5.24. The molecule has 0 saturated heterocycles. The largest absolute Gasteiger partial charge is 0.477 e. The Morgan fingerprint density at radius 1 is 1.44 bits per heavy atom. The smallest absolute Gasteiger partial charge is 0.345 e. The van der Waals surface area contributed by atoms with Crippen LogP contribution in [0.5, 0.6) is 0 Å². The Hall–Kier alpha value is -1.56. The van der Waals surface area contributed by atoms with E-state index >= 15 is 0 Å². The van der Waals surface area contributed by atoms with Crippen molar-refractivity contribution >= 4 is 28.2 Å². The number of likely N-dealkylation sites (N-methyl/N-ethyl adjacent to an activating group) is 1. The van der Waals surface area contributed by atoms with E-state index in [9.17, 15) is 9.59 Å². The van der Waals surface area contributed by atoms with Crippen LogP contribution in [0.25, 0.3) is 0 Å². The predicted molar refractivity (Wildman–Crippen MR) is 72.4 cm³/mol. The molecule has 1 amide bonds. The fraction of sp³-hybridized carbons (Fsp3) is 0.500. The normalized spacial score (nSPS) is 10.4. The molecule has 100 valence electrons. The van der Waals surface area contributed by atoms with Crippen molar-refractivity contribution in [2.75, 3.05) is 18.0 Å². The van der Waals surface area contributed by atoms with Gasteiger partial charge in [-0.3, -0.25) is 4.79 Å². The molecule has 5 nitrogen and oxygen atoms in total. The van der Waals surface area contributed by atoms with E-state index in [2.05, 4.69) is 5.32 Å². The van der Waals surface area contributed by atoms with Gasteiger partial charge in [0.25, 0.3) is 0 Å². The van der Waals surface area contributed by atoms with Gasteiger partial charge in [0.15, 0.2) is 0 Å². The van der Waals surface area contributed by atoms with Crippen LogP contribution < -0.4 is 10.2 Å². The van der Waals surface area contributed by atoms with E-state index in [0.717, 1.165) is 5.00 Å². The number of carboxylic acid groups (broad SMARTS) is 1. The second-order valence-electron chi connectivity index (χ2n) is 4.18. The van der Waals surface area contributed by atoms with Crippen LogP contribution in [0.4, 0.5) is 5.00 Å². The average Bonchev–Trinajstić information content (AvgIpc) is 2.74. The minimum Gasteiger partial charge on any atom is -0.477 e. The number of carbonyl (C=O) groups excluding carboxylic acids is 1. The fourth-order valence-electron chi connectivity index (χ4n) is 1.50. The third kappa shape index (κ3) is 4.03. The van der Waals surface area contributed by atoms with E-state index in [1.54, 1.807) is 12.1 Å². The van der Waals surface area contributed by atoms with E-state index in [1.807, 2.05) is 25.7 Å². The van der Waals surface area contributed by atoms with Gasteiger partial charge < -0.3 is 15.3 Å². The fourth-order valence-corrected chi connectivity index (χ4v) is 2.41. The van der Waals surface area contributed by atoms with Gasteiger partial charge in [-0.15, -0.1) is 11.3 Å². The average molecular weight is 270 g/mol. The van der Waals surface area contributed by atoms with Crippen molar-refractivity contribution in [1.82, 2.24) is 5.32 Å². The van der Waals surface area contributed by atoms with Gasteiger partial charge in [-0.25, -0.2) is 4.79 Å². The van der Waals surface area contributed by atoms with Gasteiger partial charge in [-0.1, -0.05) is 0 Å². The minimum absolute atomic E-state index is 0.0582. The molecule has 1 heterocycles. The van der Waals surface area contributed by atoms with Crippen molar-refractivity contribution in [3.05, 3.63) is 17.0 Å². The molecule has 0 radical (unpaired) electrons. The van der Waals surface area contributed by atoms with Crippen molar-refractivity contribution in [2.24, 2.45) is 0 Å². The molecule has 1 aromatic rings. The van der Waals surface area contributed by atoms with Gasteiger partial charge in [0.2, 0.25) is 5.91 Å². The standard InChI is InChI=1S/C12H18N2O3S/c1-4-14(7-10(15)13-8(2)3)11-6-5-9(18-11)12(16)17/h5-6,8H,4,7H2,1-3H3,(H,13,15)(H,16,17). The molecule has 0 atom stereocenters. The number of amides is 1. The predicted octanol–water partition coefficient (Wildman–Crippen LogP) is 1.80. The highest BCUT2D eigenvalue weighted by molar-refractivity contribution is 7.17. The van der Waals surface area contributed by atoms with Gasteiger partial charge in [-0.05, 0) is 32.9 Å². The first-order valence-corrected chi connectivity index (χ1v) is 6.63. The number of hydrogen-bond acceptors (Lipinski definition) is 4. The molecule has 0 aliphatic rings. The molecule has 0 bridgehead atoms. The van der Waals surface area contributed by atoms with Gasteiger partial charge in [0.1, 0.15) is 4.88 Å². The Morgan fingerprint density at radius 3 is 2.56 bits per heavy atom. The molecular formula is C12H18N2O3S. The summed E-state index contributed by atoms with van der Waals surface area (Å²) in [6, 6.07) is 3.40. The number of rotatable bonds is 6. The molecule has 0 aromatic carbocycles. The third-order valence-corrected chi connectivity index (χ3v) is 3.41. The Balaban J connectivity index is 2.70. The topological polar surface area (TPSA) is 69.6 Å². The van der Waals surface area contributed by atoms with Gasteiger partial charge >= 0.3 is 5.97 Å². The van der Waals surface area contributed by atoms with Crippen LogP contribution in [0.15, 0.2) is 12.1 Å². The number of hydrogen-bond donors (Lipinski definition) is 2. The van der Waals surface area contributed by atoms with Crippen LogP contribution in [0.1, 0.15) is 30.4 Å². The maximum absolute atomic E-state index is 11.7. The lowest BCUT2D eigenvalue weighted by molar-refractivity contribution is -0.120. The molecular weight excluding hydrogens is 252 g/mol. The van der Waals surface area contributed by atoms with Gasteiger partial charge in [-0.2, -0.15) is 0 Å². The van der Waals surface area contributed by atoms with Crippen LogP contribution in [0.2, 0.25) is 0 Å². The SMILES string of the molecule is CCN(CC(=O)NC(C)C)c1ccc(C(=O)O)s1. The molecule has 6 heteroatoms. The molecule has 1 rings (SSSR count). The number of carbonyl (C=O) groups is 2. The van der Waals surface area contributed by atoms with Crippen molar-refractivity contribution in [2.45, 2.75) is 26.8 Å². The first-order chi connectivity index (χ1) is 8.43. The van der Waals surface area contributed by atoms with Crippen molar-refractivity contribution in [1.29, 1.82) is 0 Å². The van der Waals surface area contributed by atoms with E-state index in [4.69, 9.17) is 5.11 Å². The lowest BCUT2D eigenvalue weighted by Gasteiger charge is -2.21. The number of thiophene rings is 1. The second kappa shape index (κ2) is 6.39. The molecule has 1 aromatic heterocycles. The zero-order chi connectivity index (χ0) is 13.7. The summed E-state index contributed by atoms with van der Waals surface area (Å²) < 4.78 is 0. The summed E-state index contributed by atoms with van der Waals surface area (Å²) in [5, 5.41) is 12.5. The summed E-state index contributed by atoms with van der Waals surface area (Å²) >= 11 is 1.18. The number of nitrogens with zero attached hydrogens (tertiary/aromatic N) is 1. The Kier molecular flexibility index (Phi) is 5.15. The summed E-state index contributed by atoms with van der Waals surface area (Å²) in [6.07, 6.45) is 0. The Morgan fingerprint density at radius 2 is 2.11 bits per heavy atom. The third-order valence-electron chi connectivity index (χ3n) is 2.28. The van der Waals surface area contributed by atoms with Crippen molar-refractivity contribution in [3.63, 3.8) is 0 Å². The monoisotopic (exact) mass is 270 g/mol. The Labute approximate surface area is 110 Å². The quantitative estimate of drug-likeness (QED) is 0.827. The van der Waals surface area contributed by atoms with Gasteiger partial charge in [0, 0.05) is 12.6 Å². The lowest BCUT2D eigenvalue weighted by atomic mass is 10.3. The first kappa shape index (κ1) is 14.5. The molecule has 0 unspecified atom stereocenters. The maximum atomic E-state index is 11.7. The molecule has 0 fully saturated rings. The van der Waals surface area contributed by atoms with Crippen LogP contribution >= 0.6 is 11.3 Å². The maximum Gasteiger partial charge on any atom is 0.345 e. The molecule has 2 N–H and O–H groups in total. The van der Waals surface area contributed by atoms with Crippen LogP contribution in [0, 0.1) is 0 Å². The zero-order valence-corrected chi connectivity index (χ0v) is 11.6. The number of carboxylic acids is 1. The van der Waals surface area contributed by atoms with Gasteiger partial charge in [0.05, 0.1) is 11.5 Å². The highest BCUT2D eigenvalue weighted by Crippen LogP contribution is 2.25. The molecule has 18 heavy (non-hydrogen) atoms. The highest BCUT2D eigenvalue weighted by Gasteiger charge is 2.14. The van der Waals surface area contributed by atoms with E-state index < -0.39 is 5.97 Å². The summed E-state index contributed by atoms with van der Waals surface area (Å²) in [5.41, 5.74) is 0. The van der Waals surface area contributed by atoms with E-state index in [0.29, 0.717) is 6.54 Å². The summed E-state index contributed by atoms with van der Waals surface area (Å²) in [6.45, 7) is 6.64. The van der Waals surface area contributed by atoms with Crippen LogP contribution in [-0.4, -0.2) is 36.1 Å². The number of aromatic carboxylic acids is 1. The molecule has 0 spiro atoms. The molecule has 0 aliphatic heterocycles. The summed E-state index contributed by atoms with van der Waals surface area (Å²) in [5.74, 6) is -0.994. The first-order valence-electron chi connectivity index (χ1n) is 5.81. The lowest BCUT2D eigenvalue weighted by Crippen LogP contribution is -2.39. The van der Waals surface area contributed by atoms with Crippen LogP contribution in [-0.2, 0) is 4.79 Å². The number of nitrogens with one attached hydrogen (secondary N) is 1. The van der Waals surface area contributed by atoms with Crippen molar-refractivity contribution < 1.29 is 14.7 Å². The van der Waals surface area contributed by atoms with E-state index in [1.165, 1.54) is 11.3 Å². The van der Waals surface area contributed by atoms with E-state index in [-0.39, 0.29) is 23.4 Å². The van der Waals surface area contributed by atoms with Crippen molar-refractivity contribution in [3.8, 4) is 0 Å². The summed E-state index contributed by atoms with van der Waals surface area (Å²) in [4.78, 5) is 24.6. The summed E-state index contributed by atoms with van der Waals surface area (Å²) in [7, 11) is 0. The minimum atomic E-state index is -0.936. The number of anilines is 1. The molecule has 0 aliphatic carbocycles. The Bertz CT molecular complexity index is 429. The zero-order valence-electron chi connectivity index (χ0n) is 10.8. The highest BCUT2D eigenvalue weighted by atomic mass is 32.1.